The Morgan fingerprint density at radius 3 is 1.48 bits per heavy atom. The number of hydrogen-bond acceptors (Lipinski definition) is 3. The van der Waals surface area contributed by atoms with Crippen molar-refractivity contribution < 1.29 is 49.2 Å². The van der Waals surface area contributed by atoms with Gasteiger partial charge in [0.1, 0.15) is 0 Å². The lowest BCUT2D eigenvalue weighted by molar-refractivity contribution is -0.405. The summed E-state index contributed by atoms with van der Waals surface area (Å²) in [6, 6.07) is 2.08. The van der Waals surface area contributed by atoms with Crippen molar-refractivity contribution >= 4 is 17.3 Å². The van der Waals surface area contributed by atoms with Gasteiger partial charge in [0.05, 0.1) is 4.92 Å². The van der Waals surface area contributed by atoms with Crippen LogP contribution in [0.25, 0.3) is 0 Å². The second kappa shape index (κ2) is 6.07. The van der Waals surface area contributed by atoms with Gasteiger partial charge in [-0.15, -0.1) is 0 Å². The summed E-state index contributed by atoms with van der Waals surface area (Å²) in [6.45, 7) is 0. The first-order chi connectivity index (χ1) is 11.1. The number of non-ortho nitro benzene ring substituents is 1. The van der Waals surface area contributed by atoms with E-state index in [1.54, 1.807) is 0 Å². The second-order valence-corrected chi connectivity index (χ2v) is 4.50. The van der Waals surface area contributed by atoms with E-state index in [-0.39, 0.29) is 0 Å². The Bertz CT molecular complexity index is 625. The van der Waals surface area contributed by atoms with Gasteiger partial charge in [-0.05, 0) is 12.1 Å². The zero-order valence-electron chi connectivity index (χ0n) is 11.4. The molecule has 0 atom stereocenters. The maximum Gasteiger partial charge on any atom is 0.421 e. The van der Waals surface area contributed by atoms with E-state index in [2.05, 4.69) is 0 Å². The van der Waals surface area contributed by atoms with Crippen LogP contribution in [0.4, 0.5) is 50.9 Å². The van der Waals surface area contributed by atoms with Gasteiger partial charge in [-0.1, -0.05) is 0 Å². The van der Waals surface area contributed by atoms with Crippen molar-refractivity contribution in [3.63, 3.8) is 0 Å². The molecule has 0 bridgehead atoms. The van der Waals surface area contributed by atoms with Crippen LogP contribution in [0.2, 0.25) is 0 Å². The quantitative estimate of drug-likeness (QED) is 0.482. The highest BCUT2D eigenvalue weighted by atomic mass is 19.4. The van der Waals surface area contributed by atoms with Crippen molar-refractivity contribution in [2.75, 3.05) is 5.32 Å². The third-order valence-corrected chi connectivity index (χ3v) is 2.95. The number of benzene rings is 1. The Labute approximate surface area is 131 Å². The van der Waals surface area contributed by atoms with Gasteiger partial charge < -0.3 is 5.32 Å². The number of nitrogens with zero attached hydrogens (tertiary/aromatic N) is 1. The molecule has 0 unspecified atom stereocenters. The molecule has 0 fully saturated rings. The van der Waals surface area contributed by atoms with E-state index in [0.717, 1.165) is 5.32 Å². The van der Waals surface area contributed by atoms with Crippen molar-refractivity contribution in [1.82, 2.24) is 0 Å². The molecule has 0 saturated carbocycles. The van der Waals surface area contributed by atoms with E-state index >= 15 is 0 Å². The highest BCUT2D eigenvalue weighted by Gasteiger charge is 2.88. The van der Waals surface area contributed by atoms with Crippen LogP contribution in [-0.2, 0) is 4.79 Å². The van der Waals surface area contributed by atoms with E-state index < -0.39 is 46.1 Å². The number of anilines is 1. The fraction of sp³-hybridized carbons (Fsp3) is 0.364. The first-order valence-electron chi connectivity index (χ1n) is 5.82. The van der Waals surface area contributed by atoms with Gasteiger partial charge in [-0.2, -0.15) is 39.5 Å². The molecule has 1 aromatic carbocycles. The second-order valence-electron chi connectivity index (χ2n) is 4.50. The van der Waals surface area contributed by atoms with Crippen molar-refractivity contribution in [3.05, 3.63) is 34.4 Å². The normalized spacial score (nSPS) is 13.5. The number of nitro benzene ring substituents is 1. The summed E-state index contributed by atoms with van der Waals surface area (Å²) in [5, 5.41) is 11.2. The number of nitrogens with one attached hydrogen (secondary N) is 1. The lowest BCUT2D eigenvalue weighted by Gasteiger charge is -2.36. The molecule has 1 N–H and O–H groups in total. The molecule has 140 valence electrons. The van der Waals surface area contributed by atoms with Gasteiger partial charge in [-0.3, -0.25) is 14.9 Å². The molecule has 0 aliphatic heterocycles. The lowest BCUT2D eigenvalue weighted by atomic mass is 9.84. The Hall–Kier alpha value is -2.54. The Balaban J connectivity index is 3.41. The average Bonchev–Trinajstić information content (AvgIpc) is 2.33. The molecule has 5 nitrogen and oxygen atoms in total. The van der Waals surface area contributed by atoms with Crippen LogP contribution in [-0.4, -0.2) is 29.4 Å². The first-order valence-corrected chi connectivity index (χ1v) is 5.82. The number of carbonyl (C=O) groups excluding carboxylic acids is 1. The van der Waals surface area contributed by atoms with Crippen LogP contribution in [0.15, 0.2) is 24.3 Å². The number of amides is 1. The predicted octanol–water partition coefficient (Wildman–Crippen LogP) is 4.21. The molecule has 0 aromatic heterocycles. The topological polar surface area (TPSA) is 72.2 Å². The van der Waals surface area contributed by atoms with Crippen LogP contribution in [0, 0.1) is 15.5 Å². The predicted molar refractivity (Wildman–Crippen MR) is 62.3 cm³/mol. The molecular weight excluding hydrogens is 379 g/mol. The maximum absolute atomic E-state index is 12.7. The summed E-state index contributed by atoms with van der Waals surface area (Å²) in [6.07, 6.45) is -21.1. The third-order valence-electron chi connectivity index (χ3n) is 2.95. The number of hydrogen-bond donors (Lipinski definition) is 1. The summed E-state index contributed by atoms with van der Waals surface area (Å²) in [5.41, 5.74) is -8.26. The number of halogens is 9. The van der Waals surface area contributed by atoms with E-state index in [1.165, 1.54) is 0 Å². The lowest BCUT2D eigenvalue weighted by Crippen LogP contribution is -2.65. The van der Waals surface area contributed by atoms with Crippen LogP contribution in [0.1, 0.15) is 0 Å². The van der Waals surface area contributed by atoms with Gasteiger partial charge in [-0.25, -0.2) is 0 Å². The first kappa shape index (κ1) is 20.5. The molecule has 0 radical (unpaired) electrons. The fourth-order valence-electron chi connectivity index (χ4n) is 1.76. The Kier molecular flexibility index (Phi) is 4.98. The number of alkyl halides is 9. The zero-order valence-corrected chi connectivity index (χ0v) is 11.4. The smallest absolute Gasteiger partial charge is 0.325 e. The van der Waals surface area contributed by atoms with E-state index in [1.807, 2.05) is 0 Å². The molecule has 0 aliphatic rings. The molecule has 0 heterocycles. The summed E-state index contributed by atoms with van der Waals surface area (Å²) in [5.74, 6) is -3.44. The molecule has 1 amide bonds. The minimum atomic E-state index is -7.05. The van der Waals surface area contributed by atoms with Gasteiger partial charge >= 0.3 is 23.9 Å². The van der Waals surface area contributed by atoms with E-state index in [9.17, 15) is 54.4 Å². The molecule has 0 spiro atoms. The molecule has 0 saturated heterocycles. The zero-order chi connectivity index (χ0) is 19.8. The van der Waals surface area contributed by atoms with E-state index in [0.29, 0.717) is 24.3 Å². The molecule has 0 aliphatic carbocycles. The minimum Gasteiger partial charge on any atom is -0.325 e. The van der Waals surface area contributed by atoms with Crippen LogP contribution in [0.3, 0.4) is 0 Å². The van der Waals surface area contributed by atoms with Crippen molar-refractivity contribution in [1.29, 1.82) is 0 Å². The summed E-state index contributed by atoms with van der Waals surface area (Å²) in [7, 11) is 0. The number of rotatable bonds is 3. The Morgan fingerprint density at radius 2 is 1.20 bits per heavy atom. The van der Waals surface area contributed by atoms with Gasteiger partial charge in [0.15, 0.2) is 0 Å². The highest BCUT2D eigenvalue weighted by Crippen LogP contribution is 2.59. The SMILES string of the molecule is O=C(Nc1ccc([N+](=O)[O-])cc1)C(C(F)(F)F)(C(F)(F)F)C(F)(F)F. The van der Waals surface area contributed by atoms with Crippen molar-refractivity contribution in [2.45, 2.75) is 18.5 Å². The van der Waals surface area contributed by atoms with Crippen LogP contribution >= 0.6 is 0 Å². The Morgan fingerprint density at radius 1 is 0.840 bits per heavy atom. The number of nitro groups is 1. The van der Waals surface area contributed by atoms with Gasteiger partial charge in [0, 0.05) is 17.8 Å². The molecule has 14 heteroatoms. The molecule has 1 rings (SSSR count). The highest BCUT2D eigenvalue weighted by molar-refractivity contribution is 5.97. The van der Waals surface area contributed by atoms with Crippen molar-refractivity contribution in [2.24, 2.45) is 5.41 Å². The summed E-state index contributed by atoms with van der Waals surface area (Å²) in [4.78, 5) is 20.8. The third kappa shape index (κ3) is 3.46. The molecule has 1 aromatic rings. The fourth-order valence-corrected chi connectivity index (χ4v) is 1.76. The van der Waals surface area contributed by atoms with Gasteiger partial charge in [0.2, 0.25) is 0 Å². The average molecular weight is 384 g/mol. The summed E-state index contributed by atoms with van der Waals surface area (Å²) >= 11 is 0. The molecular formula is C11H5F9N2O3. The summed E-state index contributed by atoms with van der Waals surface area (Å²) < 4.78 is 114. The number of carbonyl (C=O) groups is 1. The van der Waals surface area contributed by atoms with Crippen LogP contribution < -0.4 is 5.32 Å². The molecule has 25 heavy (non-hydrogen) atoms. The van der Waals surface area contributed by atoms with Crippen LogP contribution in [0.5, 0.6) is 0 Å². The monoisotopic (exact) mass is 384 g/mol. The van der Waals surface area contributed by atoms with E-state index in [4.69, 9.17) is 0 Å². The van der Waals surface area contributed by atoms with Gasteiger partial charge in [0.25, 0.3) is 11.6 Å². The van der Waals surface area contributed by atoms with Crippen molar-refractivity contribution in [3.8, 4) is 0 Å². The largest absolute Gasteiger partial charge is 0.421 e. The maximum atomic E-state index is 12.7. The standard InChI is InChI=1S/C11H5F9N2O3/c12-9(13,14)8(10(15,16)17,11(18,19)20)7(23)21-5-1-3-6(4-2-5)22(24)25/h1-4H,(H,21,23). The minimum absolute atomic E-state index is 0.476.